The van der Waals surface area contributed by atoms with Crippen molar-refractivity contribution < 1.29 is 28.6 Å². The van der Waals surface area contributed by atoms with Gasteiger partial charge in [0.05, 0.1) is 0 Å². The predicted octanol–water partition coefficient (Wildman–Crippen LogP) is 16.9. The average molecular weight is 835 g/mol. The first-order chi connectivity index (χ1) is 28.8. The molecule has 0 bridgehead atoms. The lowest BCUT2D eigenvalue weighted by atomic mass is 10.00. The topological polar surface area (TPSA) is 78.9 Å². The third-order valence-electron chi connectivity index (χ3n) is 12.3. The minimum absolute atomic E-state index is 0.0642. The van der Waals surface area contributed by atoms with Gasteiger partial charge in [0.1, 0.15) is 13.2 Å². The third kappa shape index (κ3) is 45.8. The molecule has 350 valence electrons. The second kappa shape index (κ2) is 45.9. The molecule has 0 saturated heterocycles. The van der Waals surface area contributed by atoms with E-state index in [1.807, 2.05) is 0 Å². The lowest BCUT2D eigenvalue weighted by molar-refractivity contribution is -0.167. The molecule has 0 aromatic heterocycles. The predicted molar refractivity (Wildman–Crippen MR) is 252 cm³/mol. The molecule has 2 atom stereocenters. The quantitative estimate of drug-likeness (QED) is 0.0345. The average Bonchev–Trinajstić information content (AvgIpc) is 3.22. The van der Waals surface area contributed by atoms with Crippen LogP contribution in [0.3, 0.4) is 0 Å². The second-order valence-electron chi connectivity index (χ2n) is 18.9. The summed E-state index contributed by atoms with van der Waals surface area (Å²) in [5, 5.41) is 0. The summed E-state index contributed by atoms with van der Waals surface area (Å²) in [6.45, 7) is 11.4. The Kier molecular flexibility index (Phi) is 44.7. The molecule has 0 aliphatic rings. The Morgan fingerprint density at radius 3 is 0.966 bits per heavy atom. The van der Waals surface area contributed by atoms with Crippen LogP contribution in [0.1, 0.15) is 291 Å². The van der Waals surface area contributed by atoms with E-state index in [-0.39, 0.29) is 31.1 Å². The van der Waals surface area contributed by atoms with Crippen molar-refractivity contribution in [1.29, 1.82) is 0 Å². The Hall–Kier alpha value is -1.59. The number of carbonyl (C=O) groups is 3. The van der Waals surface area contributed by atoms with E-state index in [0.29, 0.717) is 19.3 Å². The van der Waals surface area contributed by atoms with E-state index in [1.54, 1.807) is 0 Å². The molecule has 0 spiro atoms. The van der Waals surface area contributed by atoms with Gasteiger partial charge in [-0.1, -0.05) is 253 Å². The van der Waals surface area contributed by atoms with Gasteiger partial charge < -0.3 is 14.2 Å². The maximum absolute atomic E-state index is 12.8. The highest BCUT2D eigenvalue weighted by molar-refractivity contribution is 5.71. The molecule has 0 heterocycles. The summed E-state index contributed by atoms with van der Waals surface area (Å²) in [5.41, 5.74) is 0. The molecule has 0 aliphatic heterocycles. The molecule has 0 fully saturated rings. The summed E-state index contributed by atoms with van der Waals surface area (Å²) in [6.07, 6.45) is 46.6. The smallest absolute Gasteiger partial charge is 0.306 e. The van der Waals surface area contributed by atoms with Gasteiger partial charge in [0.15, 0.2) is 6.10 Å². The molecule has 0 radical (unpaired) electrons. The van der Waals surface area contributed by atoms with Crippen molar-refractivity contribution >= 4 is 17.9 Å². The Balaban J connectivity index is 4.29. The number of hydrogen-bond donors (Lipinski definition) is 0. The van der Waals surface area contributed by atoms with Crippen molar-refractivity contribution in [3.05, 3.63) is 0 Å². The van der Waals surface area contributed by atoms with Gasteiger partial charge in [-0.25, -0.2) is 0 Å². The number of unbranched alkanes of at least 4 members (excludes halogenated alkanes) is 31. The van der Waals surface area contributed by atoms with Crippen LogP contribution in [0.5, 0.6) is 0 Å². The Morgan fingerprint density at radius 1 is 0.356 bits per heavy atom. The Labute approximate surface area is 368 Å². The minimum atomic E-state index is -0.762. The molecule has 0 amide bonds. The van der Waals surface area contributed by atoms with Crippen molar-refractivity contribution in [3.8, 4) is 0 Å². The van der Waals surface area contributed by atoms with Gasteiger partial charge in [-0.15, -0.1) is 0 Å². The number of esters is 3. The fourth-order valence-corrected chi connectivity index (χ4v) is 7.96. The molecular formula is C53H102O6. The van der Waals surface area contributed by atoms with Gasteiger partial charge in [-0.2, -0.15) is 0 Å². The minimum Gasteiger partial charge on any atom is -0.462 e. The van der Waals surface area contributed by atoms with Gasteiger partial charge in [0, 0.05) is 19.3 Å². The van der Waals surface area contributed by atoms with Crippen molar-refractivity contribution in [1.82, 2.24) is 0 Å². The first-order valence-electron chi connectivity index (χ1n) is 26.3. The second-order valence-corrected chi connectivity index (χ2v) is 18.9. The fraction of sp³-hybridized carbons (Fsp3) is 0.943. The van der Waals surface area contributed by atoms with E-state index in [2.05, 4.69) is 34.6 Å². The van der Waals surface area contributed by atoms with E-state index in [0.717, 1.165) is 69.6 Å². The molecule has 1 unspecified atom stereocenters. The standard InChI is InChI=1S/C53H102O6/c1-6-8-9-10-11-12-13-14-15-16-17-21-24-27-33-38-43-51(54)57-46-50(47-58-52(55)44-39-34-30-29-32-37-42-49(5)7-2)59-53(56)45-40-35-28-25-22-19-18-20-23-26-31-36-41-48(3)4/h48-50H,6-47H2,1-5H3/t49?,50-/m1/s1. The molecule has 0 rings (SSSR count). The molecule has 6 nitrogen and oxygen atoms in total. The van der Waals surface area contributed by atoms with Crippen molar-refractivity contribution in [2.24, 2.45) is 11.8 Å². The van der Waals surface area contributed by atoms with E-state index in [1.165, 1.54) is 180 Å². The molecule has 59 heavy (non-hydrogen) atoms. The van der Waals surface area contributed by atoms with Gasteiger partial charge in [-0.3, -0.25) is 14.4 Å². The van der Waals surface area contributed by atoms with Gasteiger partial charge in [-0.05, 0) is 31.1 Å². The van der Waals surface area contributed by atoms with Gasteiger partial charge in [0.25, 0.3) is 0 Å². The summed E-state index contributed by atoms with van der Waals surface area (Å²) < 4.78 is 16.8. The number of hydrogen-bond acceptors (Lipinski definition) is 6. The van der Waals surface area contributed by atoms with Crippen LogP contribution in [-0.2, 0) is 28.6 Å². The van der Waals surface area contributed by atoms with Crippen LogP contribution in [0.25, 0.3) is 0 Å². The van der Waals surface area contributed by atoms with Crippen molar-refractivity contribution in [3.63, 3.8) is 0 Å². The molecular weight excluding hydrogens is 733 g/mol. The lowest BCUT2D eigenvalue weighted by Crippen LogP contribution is -2.30. The number of rotatable bonds is 47. The van der Waals surface area contributed by atoms with Gasteiger partial charge >= 0.3 is 17.9 Å². The maximum atomic E-state index is 12.8. The number of ether oxygens (including phenoxy) is 3. The Morgan fingerprint density at radius 2 is 0.644 bits per heavy atom. The molecule has 0 saturated carbocycles. The SMILES string of the molecule is CCCCCCCCCCCCCCCCCCC(=O)OC[C@H](COC(=O)CCCCCCCCC(C)CC)OC(=O)CCCCCCCCCCCCCCC(C)C. The van der Waals surface area contributed by atoms with Crippen molar-refractivity contribution in [2.45, 2.75) is 298 Å². The monoisotopic (exact) mass is 835 g/mol. The zero-order chi connectivity index (χ0) is 43.3. The highest BCUT2D eigenvalue weighted by Gasteiger charge is 2.19. The first-order valence-corrected chi connectivity index (χ1v) is 26.3. The van der Waals surface area contributed by atoms with Crippen LogP contribution in [0.4, 0.5) is 0 Å². The Bertz CT molecular complexity index is 902. The number of carbonyl (C=O) groups excluding carboxylic acids is 3. The zero-order valence-electron chi connectivity index (χ0n) is 40.4. The van der Waals surface area contributed by atoms with Crippen LogP contribution >= 0.6 is 0 Å². The third-order valence-corrected chi connectivity index (χ3v) is 12.3. The van der Waals surface area contributed by atoms with Crippen LogP contribution in [0.2, 0.25) is 0 Å². The molecule has 0 aromatic rings. The largest absolute Gasteiger partial charge is 0.462 e. The molecule has 6 heteroatoms. The van der Waals surface area contributed by atoms with E-state index < -0.39 is 6.10 Å². The van der Waals surface area contributed by atoms with E-state index in [9.17, 15) is 14.4 Å². The van der Waals surface area contributed by atoms with E-state index >= 15 is 0 Å². The summed E-state index contributed by atoms with van der Waals surface area (Å²) >= 11 is 0. The zero-order valence-corrected chi connectivity index (χ0v) is 40.4. The van der Waals surface area contributed by atoms with Crippen LogP contribution < -0.4 is 0 Å². The van der Waals surface area contributed by atoms with Gasteiger partial charge in [0.2, 0.25) is 0 Å². The summed E-state index contributed by atoms with van der Waals surface area (Å²) in [7, 11) is 0. The fourth-order valence-electron chi connectivity index (χ4n) is 7.96. The molecule has 0 N–H and O–H groups in total. The summed E-state index contributed by atoms with van der Waals surface area (Å²) in [4.78, 5) is 37.9. The molecule has 0 aliphatic carbocycles. The van der Waals surface area contributed by atoms with Crippen LogP contribution in [0.15, 0.2) is 0 Å². The lowest BCUT2D eigenvalue weighted by Gasteiger charge is -2.18. The highest BCUT2D eigenvalue weighted by atomic mass is 16.6. The van der Waals surface area contributed by atoms with Crippen molar-refractivity contribution in [2.75, 3.05) is 13.2 Å². The van der Waals surface area contributed by atoms with Crippen LogP contribution in [0, 0.1) is 11.8 Å². The summed E-state index contributed by atoms with van der Waals surface area (Å²) in [6, 6.07) is 0. The van der Waals surface area contributed by atoms with Crippen LogP contribution in [-0.4, -0.2) is 37.2 Å². The first kappa shape index (κ1) is 57.4. The normalized spacial score (nSPS) is 12.5. The summed E-state index contributed by atoms with van der Waals surface area (Å²) in [5.74, 6) is 0.796. The highest BCUT2D eigenvalue weighted by Crippen LogP contribution is 2.18. The maximum Gasteiger partial charge on any atom is 0.306 e. The molecule has 0 aromatic carbocycles. The van der Waals surface area contributed by atoms with E-state index in [4.69, 9.17) is 14.2 Å².